The Morgan fingerprint density at radius 2 is 1.83 bits per heavy atom. The summed E-state index contributed by atoms with van der Waals surface area (Å²) in [6.07, 6.45) is 4.42. The van der Waals surface area contributed by atoms with Crippen LogP contribution >= 0.6 is 0 Å². The van der Waals surface area contributed by atoms with E-state index in [9.17, 15) is 13.2 Å². The van der Waals surface area contributed by atoms with Gasteiger partial charge in [-0.2, -0.15) is 4.99 Å². The molecular weight excluding hydrogens is 326 g/mol. The number of aryl methyl sites for hydroxylation is 1. The lowest BCUT2D eigenvalue weighted by Crippen LogP contribution is -2.24. The van der Waals surface area contributed by atoms with Crippen LogP contribution in [0.4, 0.5) is 0 Å². The van der Waals surface area contributed by atoms with Crippen molar-refractivity contribution in [2.45, 2.75) is 57.3 Å². The van der Waals surface area contributed by atoms with E-state index in [1.807, 2.05) is 19.9 Å². The molecule has 0 aromatic heterocycles. The summed E-state index contributed by atoms with van der Waals surface area (Å²) < 4.78 is 24.6. The Bertz CT molecular complexity index is 736. The van der Waals surface area contributed by atoms with Crippen LogP contribution in [0.3, 0.4) is 0 Å². The van der Waals surface area contributed by atoms with Crippen LogP contribution in [-0.4, -0.2) is 26.5 Å². The predicted octanol–water partition coefficient (Wildman–Crippen LogP) is 2.36. The normalized spacial score (nSPS) is 12.7. The monoisotopic (exact) mass is 353 g/mol. The molecule has 24 heavy (non-hydrogen) atoms. The molecule has 0 saturated heterocycles. The maximum Gasteiger partial charge on any atom is 0.280 e. The van der Waals surface area contributed by atoms with Gasteiger partial charge >= 0.3 is 0 Å². The van der Waals surface area contributed by atoms with Gasteiger partial charge < -0.3 is 11.5 Å². The quantitative estimate of drug-likeness (QED) is 0.576. The lowest BCUT2D eigenvalue weighted by Gasteiger charge is -2.20. The predicted molar refractivity (Wildman–Crippen MR) is 97.0 cm³/mol. The summed E-state index contributed by atoms with van der Waals surface area (Å²) in [6, 6.07) is 3.26. The SMILES string of the molecule is CCCC(CC)c1cc(CC)c(C(=O)N=C(N)N)cc1S(C)(=O)=O. The first-order valence-corrected chi connectivity index (χ1v) is 10.1. The molecule has 1 unspecified atom stereocenters. The summed E-state index contributed by atoms with van der Waals surface area (Å²) in [5.74, 6) is -0.825. The van der Waals surface area contributed by atoms with Gasteiger partial charge in [-0.25, -0.2) is 8.42 Å². The minimum atomic E-state index is -3.48. The molecule has 1 aromatic carbocycles. The average molecular weight is 353 g/mol. The first kappa shape index (κ1) is 20.2. The standard InChI is InChI=1S/C17H27N3O3S/c1-5-8-11(6-2)13-9-12(7-3)14(16(21)20-17(18)19)10-15(13)24(4,22)23/h9-11H,5-8H2,1-4H3,(H4,18,19,20,21). The fourth-order valence-electron chi connectivity index (χ4n) is 2.88. The van der Waals surface area contributed by atoms with Gasteiger partial charge in [0.25, 0.3) is 5.91 Å². The van der Waals surface area contributed by atoms with Gasteiger partial charge in [-0.15, -0.1) is 0 Å². The van der Waals surface area contributed by atoms with Gasteiger partial charge in [-0.05, 0) is 42.4 Å². The average Bonchev–Trinajstić information content (AvgIpc) is 2.49. The van der Waals surface area contributed by atoms with Crippen molar-refractivity contribution < 1.29 is 13.2 Å². The van der Waals surface area contributed by atoms with Crippen LogP contribution < -0.4 is 11.5 Å². The van der Waals surface area contributed by atoms with Crippen molar-refractivity contribution in [1.82, 2.24) is 0 Å². The Hall–Kier alpha value is -1.89. The number of carbonyl (C=O) groups is 1. The largest absolute Gasteiger partial charge is 0.370 e. The van der Waals surface area contributed by atoms with Crippen LogP contribution in [0.25, 0.3) is 0 Å². The van der Waals surface area contributed by atoms with Crippen LogP contribution in [0.5, 0.6) is 0 Å². The van der Waals surface area contributed by atoms with E-state index < -0.39 is 15.7 Å². The highest BCUT2D eigenvalue weighted by Gasteiger charge is 2.23. The van der Waals surface area contributed by atoms with Gasteiger partial charge in [0.2, 0.25) is 0 Å². The molecule has 0 saturated carbocycles. The second-order valence-corrected chi connectivity index (χ2v) is 7.89. The fraction of sp³-hybridized carbons (Fsp3) is 0.529. The van der Waals surface area contributed by atoms with Crippen LogP contribution in [-0.2, 0) is 16.3 Å². The Labute approximate surface area is 144 Å². The zero-order valence-electron chi connectivity index (χ0n) is 14.8. The summed E-state index contributed by atoms with van der Waals surface area (Å²) in [6.45, 7) is 6.02. The first-order valence-electron chi connectivity index (χ1n) is 8.16. The molecule has 1 amide bonds. The molecule has 7 heteroatoms. The summed E-state index contributed by atoms with van der Waals surface area (Å²) in [5.41, 5.74) is 12.3. The number of benzene rings is 1. The van der Waals surface area contributed by atoms with Crippen LogP contribution in [0, 0.1) is 0 Å². The number of carbonyl (C=O) groups excluding carboxylic acids is 1. The Morgan fingerprint density at radius 1 is 1.21 bits per heavy atom. The van der Waals surface area contributed by atoms with E-state index in [1.54, 1.807) is 0 Å². The Morgan fingerprint density at radius 3 is 2.25 bits per heavy atom. The van der Waals surface area contributed by atoms with E-state index in [-0.39, 0.29) is 22.3 Å². The van der Waals surface area contributed by atoms with E-state index >= 15 is 0 Å². The first-order chi connectivity index (χ1) is 11.1. The number of nitrogens with two attached hydrogens (primary N) is 2. The van der Waals surface area contributed by atoms with Gasteiger partial charge in [0.1, 0.15) is 0 Å². The maximum absolute atomic E-state index is 12.3. The number of nitrogens with zero attached hydrogens (tertiary/aromatic N) is 1. The Balaban J connectivity index is 3.68. The molecule has 0 bridgehead atoms. The van der Waals surface area contributed by atoms with Crippen molar-refractivity contribution in [3.8, 4) is 0 Å². The third kappa shape index (κ3) is 4.80. The maximum atomic E-state index is 12.3. The number of hydrogen-bond donors (Lipinski definition) is 2. The Kier molecular flexibility index (Phi) is 6.95. The molecule has 1 rings (SSSR count). The second kappa shape index (κ2) is 8.28. The van der Waals surface area contributed by atoms with E-state index in [0.29, 0.717) is 6.42 Å². The van der Waals surface area contributed by atoms with Gasteiger partial charge in [-0.1, -0.05) is 33.3 Å². The minimum absolute atomic E-state index is 0.136. The highest BCUT2D eigenvalue weighted by Crippen LogP contribution is 2.33. The molecule has 0 aliphatic carbocycles. The van der Waals surface area contributed by atoms with Gasteiger partial charge in [0.05, 0.1) is 4.90 Å². The lowest BCUT2D eigenvalue weighted by atomic mass is 9.89. The summed E-state index contributed by atoms with van der Waals surface area (Å²) in [5, 5.41) is 0. The number of sulfone groups is 1. The zero-order chi connectivity index (χ0) is 18.5. The number of guanidine groups is 1. The fourth-order valence-corrected chi connectivity index (χ4v) is 3.87. The molecule has 6 nitrogen and oxygen atoms in total. The molecule has 134 valence electrons. The summed E-state index contributed by atoms with van der Waals surface area (Å²) >= 11 is 0. The van der Waals surface area contributed by atoms with Crippen molar-refractivity contribution in [3.05, 3.63) is 28.8 Å². The molecule has 1 atom stereocenters. The second-order valence-electron chi connectivity index (χ2n) is 5.91. The van der Waals surface area contributed by atoms with Crippen molar-refractivity contribution in [1.29, 1.82) is 0 Å². The topological polar surface area (TPSA) is 116 Å². The highest BCUT2D eigenvalue weighted by atomic mass is 32.2. The highest BCUT2D eigenvalue weighted by molar-refractivity contribution is 7.90. The molecule has 4 N–H and O–H groups in total. The number of hydrogen-bond acceptors (Lipinski definition) is 3. The molecular formula is C17H27N3O3S. The van der Waals surface area contributed by atoms with E-state index in [1.165, 1.54) is 6.07 Å². The van der Waals surface area contributed by atoms with E-state index in [2.05, 4.69) is 11.9 Å². The smallest absolute Gasteiger partial charge is 0.280 e. The van der Waals surface area contributed by atoms with E-state index in [0.717, 1.165) is 36.6 Å². The van der Waals surface area contributed by atoms with Gasteiger partial charge in [0, 0.05) is 11.8 Å². The summed E-state index contributed by atoms with van der Waals surface area (Å²) in [7, 11) is -3.48. The van der Waals surface area contributed by atoms with Crippen molar-refractivity contribution >= 4 is 21.7 Å². The molecule has 1 aromatic rings. The lowest BCUT2D eigenvalue weighted by molar-refractivity contribution is 0.100. The molecule has 0 heterocycles. The third-order valence-corrected chi connectivity index (χ3v) is 5.20. The van der Waals surface area contributed by atoms with Gasteiger partial charge in [0.15, 0.2) is 15.8 Å². The van der Waals surface area contributed by atoms with Gasteiger partial charge in [-0.3, -0.25) is 4.79 Å². The number of rotatable bonds is 7. The molecule has 0 aliphatic rings. The van der Waals surface area contributed by atoms with Crippen molar-refractivity contribution in [2.75, 3.05) is 6.26 Å². The third-order valence-electron chi connectivity index (χ3n) is 4.05. The van der Waals surface area contributed by atoms with E-state index in [4.69, 9.17) is 11.5 Å². The summed E-state index contributed by atoms with van der Waals surface area (Å²) in [4.78, 5) is 16.0. The molecule has 0 fully saturated rings. The van der Waals surface area contributed by atoms with Crippen LogP contribution in [0.1, 0.15) is 67.4 Å². The molecule has 0 spiro atoms. The van der Waals surface area contributed by atoms with Crippen LogP contribution in [0.15, 0.2) is 22.0 Å². The minimum Gasteiger partial charge on any atom is -0.370 e. The molecule has 0 aliphatic heterocycles. The van der Waals surface area contributed by atoms with Crippen molar-refractivity contribution in [2.24, 2.45) is 16.5 Å². The van der Waals surface area contributed by atoms with Crippen molar-refractivity contribution in [3.63, 3.8) is 0 Å². The number of aliphatic imine (C=N–C) groups is 1. The zero-order valence-corrected chi connectivity index (χ0v) is 15.6. The van der Waals surface area contributed by atoms with Crippen LogP contribution in [0.2, 0.25) is 0 Å². The molecule has 0 radical (unpaired) electrons. The number of amides is 1.